The van der Waals surface area contributed by atoms with Crippen molar-refractivity contribution < 1.29 is 19.1 Å². The van der Waals surface area contributed by atoms with Crippen molar-refractivity contribution in [3.05, 3.63) is 66.0 Å². The van der Waals surface area contributed by atoms with Crippen molar-refractivity contribution >= 4 is 11.8 Å². The fourth-order valence-corrected chi connectivity index (χ4v) is 2.30. The number of carbonyl (C=O) groups excluding carboxylic acids is 2. The number of hydrogen-bond acceptors (Lipinski definition) is 7. The van der Waals surface area contributed by atoms with E-state index < -0.39 is 12.1 Å². The number of ketones is 1. The van der Waals surface area contributed by atoms with Gasteiger partial charge < -0.3 is 9.47 Å². The van der Waals surface area contributed by atoms with E-state index in [1.165, 1.54) is 11.0 Å². The number of nitrogens with zero attached hydrogens (tertiary/aromatic N) is 4. The summed E-state index contributed by atoms with van der Waals surface area (Å²) >= 11 is 0. The molecule has 8 heteroatoms. The average molecular weight is 352 g/mol. The Balaban J connectivity index is 1.65. The minimum atomic E-state index is -0.907. The molecule has 2 aromatic carbocycles. The molecule has 0 aliphatic carbocycles. The van der Waals surface area contributed by atoms with Crippen LogP contribution in [0.4, 0.5) is 0 Å². The van der Waals surface area contributed by atoms with Gasteiger partial charge in [-0.3, -0.25) is 4.79 Å². The third-order valence-electron chi connectivity index (χ3n) is 3.74. The van der Waals surface area contributed by atoms with E-state index in [9.17, 15) is 9.59 Å². The van der Waals surface area contributed by atoms with Crippen molar-refractivity contribution in [3.63, 3.8) is 0 Å². The number of tetrazole rings is 1. The Morgan fingerprint density at radius 1 is 1.00 bits per heavy atom. The van der Waals surface area contributed by atoms with Gasteiger partial charge in [-0.1, -0.05) is 0 Å². The van der Waals surface area contributed by atoms with Gasteiger partial charge in [0.25, 0.3) is 0 Å². The van der Waals surface area contributed by atoms with Crippen molar-refractivity contribution in [1.29, 1.82) is 0 Å². The number of benzene rings is 2. The Morgan fingerprint density at radius 3 is 2.23 bits per heavy atom. The van der Waals surface area contributed by atoms with Crippen LogP contribution in [-0.2, 0) is 4.74 Å². The van der Waals surface area contributed by atoms with Crippen LogP contribution in [0, 0.1) is 0 Å². The third-order valence-corrected chi connectivity index (χ3v) is 3.74. The number of methoxy groups -OCH3 is 1. The van der Waals surface area contributed by atoms with Gasteiger partial charge in [0.15, 0.2) is 6.10 Å². The Kier molecular flexibility index (Phi) is 5.02. The second kappa shape index (κ2) is 7.56. The standard InChI is InChI=1S/C18H16N4O4/c1-12(17(23)13-5-9-16(25-2)10-6-13)26-18(24)14-3-7-15(8-4-14)22-11-19-20-21-22/h3-12H,1-2H3/t12-/m0/s1. The van der Waals surface area contributed by atoms with E-state index in [0.717, 1.165) is 0 Å². The molecule has 3 rings (SSSR count). The van der Waals surface area contributed by atoms with Crippen LogP contribution in [0.25, 0.3) is 5.69 Å². The lowest BCUT2D eigenvalue weighted by Crippen LogP contribution is -2.24. The summed E-state index contributed by atoms with van der Waals surface area (Å²) in [6, 6.07) is 13.2. The van der Waals surface area contributed by atoms with Crippen LogP contribution >= 0.6 is 0 Å². The minimum absolute atomic E-state index is 0.286. The molecule has 0 aliphatic heterocycles. The van der Waals surface area contributed by atoms with Crippen molar-refractivity contribution in [3.8, 4) is 11.4 Å². The molecular formula is C18H16N4O4. The van der Waals surface area contributed by atoms with Gasteiger partial charge in [0, 0.05) is 5.56 Å². The zero-order valence-corrected chi connectivity index (χ0v) is 14.2. The molecule has 26 heavy (non-hydrogen) atoms. The molecule has 0 unspecified atom stereocenters. The average Bonchev–Trinajstić information content (AvgIpc) is 3.22. The number of hydrogen-bond donors (Lipinski definition) is 0. The number of esters is 1. The van der Waals surface area contributed by atoms with Crippen molar-refractivity contribution in [2.45, 2.75) is 13.0 Å². The molecule has 0 bridgehead atoms. The zero-order valence-electron chi connectivity index (χ0n) is 14.2. The summed E-state index contributed by atoms with van der Waals surface area (Å²) in [7, 11) is 1.55. The molecule has 0 amide bonds. The number of rotatable bonds is 6. The first-order valence-corrected chi connectivity index (χ1v) is 7.81. The van der Waals surface area contributed by atoms with Crippen LogP contribution in [0.15, 0.2) is 54.9 Å². The second-order valence-corrected chi connectivity index (χ2v) is 5.44. The number of carbonyl (C=O) groups is 2. The van der Waals surface area contributed by atoms with E-state index in [1.54, 1.807) is 62.6 Å². The monoisotopic (exact) mass is 352 g/mol. The summed E-state index contributed by atoms with van der Waals surface area (Å²) in [4.78, 5) is 24.6. The van der Waals surface area contributed by atoms with Crippen molar-refractivity contribution in [1.82, 2.24) is 20.2 Å². The van der Waals surface area contributed by atoms with Crippen LogP contribution in [0.1, 0.15) is 27.6 Å². The first-order chi connectivity index (χ1) is 12.6. The van der Waals surface area contributed by atoms with E-state index in [1.807, 2.05) is 0 Å². The van der Waals surface area contributed by atoms with Crippen LogP contribution in [-0.4, -0.2) is 45.2 Å². The molecule has 0 aliphatic rings. The van der Waals surface area contributed by atoms with Crippen LogP contribution in [0.3, 0.4) is 0 Å². The van der Waals surface area contributed by atoms with Gasteiger partial charge in [-0.2, -0.15) is 0 Å². The molecule has 0 saturated carbocycles. The van der Waals surface area contributed by atoms with Crippen LogP contribution in [0.2, 0.25) is 0 Å². The lowest BCUT2D eigenvalue weighted by molar-refractivity contribution is 0.0319. The quantitative estimate of drug-likeness (QED) is 0.495. The molecule has 0 radical (unpaired) electrons. The number of aromatic nitrogens is 4. The highest BCUT2D eigenvalue weighted by Crippen LogP contribution is 2.15. The molecule has 1 aromatic heterocycles. The summed E-state index contributed by atoms with van der Waals surface area (Å²) in [6.45, 7) is 1.54. The zero-order chi connectivity index (χ0) is 18.5. The minimum Gasteiger partial charge on any atom is -0.497 e. The fourth-order valence-electron chi connectivity index (χ4n) is 2.30. The molecule has 0 spiro atoms. The number of Topliss-reactive ketones (excluding diaryl/α,β-unsaturated/α-hetero) is 1. The predicted octanol–water partition coefficient (Wildman–Crippen LogP) is 2.10. The van der Waals surface area contributed by atoms with Gasteiger partial charge in [-0.05, 0) is 65.9 Å². The molecular weight excluding hydrogens is 336 g/mol. The van der Waals surface area contributed by atoms with Gasteiger partial charge in [0.05, 0.1) is 18.4 Å². The fraction of sp³-hybridized carbons (Fsp3) is 0.167. The summed E-state index contributed by atoms with van der Waals surface area (Å²) < 4.78 is 11.8. The summed E-state index contributed by atoms with van der Waals surface area (Å²) in [6.07, 6.45) is 0.540. The number of ether oxygens (including phenoxy) is 2. The normalized spacial score (nSPS) is 11.6. The molecule has 0 fully saturated rings. The highest BCUT2D eigenvalue weighted by molar-refractivity contribution is 6.01. The Bertz CT molecular complexity index is 890. The molecule has 1 heterocycles. The van der Waals surface area contributed by atoms with E-state index in [4.69, 9.17) is 9.47 Å². The highest BCUT2D eigenvalue weighted by atomic mass is 16.5. The van der Waals surface area contributed by atoms with Gasteiger partial charge in [-0.15, -0.1) is 5.10 Å². The molecule has 0 N–H and O–H groups in total. The lowest BCUT2D eigenvalue weighted by Gasteiger charge is -2.13. The highest BCUT2D eigenvalue weighted by Gasteiger charge is 2.20. The van der Waals surface area contributed by atoms with E-state index >= 15 is 0 Å². The Hall–Kier alpha value is -3.55. The smallest absolute Gasteiger partial charge is 0.338 e. The summed E-state index contributed by atoms with van der Waals surface area (Å²) in [5.74, 6) is -0.220. The maximum absolute atomic E-state index is 12.4. The van der Waals surface area contributed by atoms with Crippen LogP contribution in [0.5, 0.6) is 5.75 Å². The predicted molar refractivity (Wildman–Crippen MR) is 91.4 cm³/mol. The van der Waals surface area contributed by atoms with Gasteiger partial charge in [0.2, 0.25) is 5.78 Å². The molecule has 1 atom stereocenters. The largest absolute Gasteiger partial charge is 0.497 e. The Labute approximate surface area is 149 Å². The Morgan fingerprint density at radius 2 is 1.65 bits per heavy atom. The third kappa shape index (κ3) is 3.75. The molecule has 3 aromatic rings. The molecule has 132 valence electrons. The topological polar surface area (TPSA) is 96.2 Å². The second-order valence-electron chi connectivity index (χ2n) is 5.44. The maximum atomic E-state index is 12.4. The first kappa shape index (κ1) is 17.3. The molecule has 8 nitrogen and oxygen atoms in total. The molecule has 0 saturated heterocycles. The van der Waals surface area contributed by atoms with Crippen molar-refractivity contribution in [2.24, 2.45) is 0 Å². The van der Waals surface area contributed by atoms with E-state index in [-0.39, 0.29) is 5.78 Å². The summed E-state index contributed by atoms with van der Waals surface area (Å²) in [5.41, 5.74) is 1.48. The van der Waals surface area contributed by atoms with Crippen LogP contribution < -0.4 is 4.74 Å². The van der Waals surface area contributed by atoms with Crippen molar-refractivity contribution in [2.75, 3.05) is 7.11 Å². The summed E-state index contributed by atoms with van der Waals surface area (Å²) in [5, 5.41) is 10.9. The van der Waals surface area contributed by atoms with Gasteiger partial charge >= 0.3 is 5.97 Å². The lowest BCUT2D eigenvalue weighted by atomic mass is 10.1. The SMILES string of the molecule is COc1ccc(C(=O)[C@H](C)OC(=O)c2ccc(-n3cnnn3)cc2)cc1. The first-order valence-electron chi connectivity index (χ1n) is 7.81. The maximum Gasteiger partial charge on any atom is 0.338 e. The van der Waals surface area contributed by atoms with E-state index in [2.05, 4.69) is 15.5 Å². The van der Waals surface area contributed by atoms with Gasteiger partial charge in [-0.25, -0.2) is 9.48 Å². The van der Waals surface area contributed by atoms with Gasteiger partial charge in [0.1, 0.15) is 12.1 Å². The van der Waals surface area contributed by atoms with E-state index in [0.29, 0.717) is 22.6 Å².